The van der Waals surface area contributed by atoms with Crippen LogP contribution in [-0.2, 0) is 0 Å². The minimum atomic E-state index is 0.546. The Hall–Kier alpha value is -1.92. The van der Waals surface area contributed by atoms with Crippen LogP contribution in [0.3, 0.4) is 0 Å². The summed E-state index contributed by atoms with van der Waals surface area (Å²) in [7, 11) is 0. The lowest BCUT2D eigenvalue weighted by molar-refractivity contribution is 1.25. The van der Waals surface area contributed by atoms with Crippen LogP contribution in [0.2, 0.25) is 0 Å². The van der Waals surface area contributed by atoms with E-state index in [0.717, 1.165) is 16.2 Å². The zero-order valence-electron chi connectivity index (χ0n) is 9.26. The first-order valence-electron chi connectivity index (χ1n) is 5.23. The van der Waals surface area contributed by atoms with Crippen LogP contribution in [0, 0.1) is 11.8 Å². The molecule has 0 aliphatic heterocycles. The van der Waals surface area contributed by atoms with Crippen molar-refractivity contribution in [2.45, 2.75) is 4.90 Å². The number of benzene rings is 1. The van der Waals surface area contributed by atoms with E-state index in [-0.39, 0.29) is 0 Å². The molecule has 0 bridgehead atoms. The summed E-state index contributed by atoms with van der Waals surface area (Å²) in [5.41, 5.74) is 6.55. The number of aromatic nitrogens is 1. The molecule has 0 radical (unpaired) electrons. The topological polar surface area (TPSA) is 38.9 Å². The lowest BCUT2D eigenvalue weighted by Gasteiger charge is -1.96. The molecule has 84 valence electrons. The van der Waals surface area contributed by atoms with Gasteiger partial charge in [0.1, 0.15) is 5.82 Å². The average Bonchev–Trinajstić information content (AvgIpc) is 2.38. The van der Waals surface area contributed by atoms with E-state index in [9.17, 15) is 0 Å². The molecule has 2 rings (SSSR count). The Morgan fingerprint density at radius 1 is 1.12 bits per heavy atom. The number of nitrogens with two attached hydrogens (primary N) is 1. The van der Waals surface area contributed by atoms with E-state index >= 15 is 0 Å². The molecule has 2 aromatic rings. The van der Waals surface area contributed by atoms with Crippen LogP contribution in [0.1, 0.15) is 5.56 Å². The third kappa shape index (κ3) is 3.86. The van der Waals surface area contributed by atoms with Crippen LogP contribution in [0.5, 0.6) is 0 Å². The maximum Gasteiger partial charge on any atom is 0.123 e. The van der Waals surface area contributed by atoms with Gasteiger partial charge in [0.2, 0.25) is 0 Å². The molecule has 1 heterocycles. The van der Waals surface area contributed by atoms with Gasteiger partial charge in [-0.2, -0.15) is 0 Å². The normalized spacial score (nSPS) is 9.41. The zero-order valence-corrected chi connectivity index (χ0v) is 10.1. The molecule has 0 aliphatic carbocycles. The van der Waals surface area contributed by atoms with Gasteiger partial charge in [-0.3, -0.25) is 0 Å². The Kier molecular flexibility index (Phi) is 4.06. The lowest BCUT2D eigenvalue weighted by atomic mass is 10.2. The zero-order chi connectivity index (χ0) is 11.9. The second kappa shape index (κ2) is 5.97. The van der Waals surface area contributed by atoms with Gasteiger partial charge in [0.15, 0.2) is 0 Å². The Bertz CT molecular complexity index is 524. The fourth-order valence-electron chi connectivity index (χ4n) is 1.26. The van der Waals surface area contributed by atoms with Crippen molar-refractivity contribution in [3.63, 3.8) is 0 Å². The number of thioether (sulfide) groups is 1. The maximum atomic E-state index is 5.51. The monoisotopic (exact) mass is 240 g/mol. The first-order chi connectivity index (χ1) is 8.34. The minimum Gasteiger partial charge on any atom is -0.384 e. The van der Waals surface area contributed by atoms with Gasteiger partial charge in [0.25, 0.3) is 0 Å². The number of hydrogen-bond donors (Lipinski definition) is 1. The van der Waals surface area contributed by atoms with Gasteiger partial charge in [-0.05, 0) is 24.3 Å². The summed E-state index contributed by atoms with van der Waals surface area (Å²) in [4.78, 5) is 5.11. The summed E-state index contributed by atoms with van der Waals surface area (Å²) < 4.78 is 0. The predicted molar refractivity (Wildman–Crippen MR) is 72.7 cm³/mol. The molecular formula is C14H12N2S. The molecule has 1 aromatic heterocycles. The van der Waals surface area contributed by atoms with E-state index in [1.807, 2.05) is 36.4 Å². The molecule has 0 saturated carbocycles. The van der Waals surface area contributed by atoms with Gasteiger partial charge < -0.3 is 5.73 Å². The molecule has 2 N–H and O–H groups in total. The largest absolute Gasteiger partial charge is 0.384 e. The van der Waals surface area contributed by atoms with Crippen LogP contribution >= 0.6 is 11.8 Å². The third-order valence-corrected chi connectivity index (χ3v) is 2.94. The second-order valence-electron chi connectivity index (χ2n) is 3.38. The number of hydrogen-bond acceptors (Lipinski definition) is 3. The van der Waals surface area contributed by atoms with Crippen molar-refractivity contribution in [3.05, 3.63) is 54.2 Å². The van der Waals surface area contributed by atoms with Crippen molar-refractivity contribution in [1.82, 2.24) is 4.98 Å². The van der Waals surface area contributed by atoms with Crippen molar-refractivity contribution >= 4 is 17.6 Å². The quantitative estimate of drug-likeness (QED) is 0.648. The smallest absolute Gasteiger partial charge is 0.123 e. The van der Waals surface area contributed by atoms with Crippen LogP contribution < -0.4 is 5.73 Å². The highest BCUT2D eigenvalue weighted by Gasteiger charge is 1.92. The molecule has 0 atom stereocenters. The van der Waals surface area contributed by atoms with Gasteiger partial charge in [0.05, 0.1) is 5.75 Å². The standard InChI is InChI=1S/C14H12N2S/c15-14-9-8-13(11-16-14)17-10-4-7-12-5-2-1-3-6-12/h1-3,5-6,8-9,11H,10H2,(H2,15,16). The Labute approximate surface area is 105 Å². The van der Waals surface area contributed by atoms with Gasteiger partial charge in [-0.1, -0.05) is 30.0 Å². The van der Waals surface area contributed by atoms with E-state index in [0.29, 0.717) is 5.82 Å². The van der Waals surface area contributed by atoms with Crippen LogP contribution in [0.4, 0.5) is 5.82 Å². The van der Waals surface area contributed by atoms with Gasteiger partial charge in [-0.15, -0.1) is 11.8 Å². The fourth-order valence-corrected chi connectivity index (χ4v) is 1.86. The van der Waals surface area contributed by atoms with E-state index in [1.165, 1.54) is 0 Å². The van der Waals surface area contributed by atoms with Crippen molar-refractivity contribution in [2.75, 3.05) is 11.5 Å². The highest BCUT2D eigenvalue weighted by molar-refractivity contribution is 7.99. The average molecular weight is 240 g/mol. The SMILES string of the molecule is Nc1ccc(SCC#Cc2ccccc2)cn1. The molecule has 0 amide bonds. The number of nitrogen functional groups attached to an aromatic ring is 1. The summed E-state index contributed by atoms with van der Waals surface area (Å²) in [6.45, 7) is 0. The molecular weight excluding hydrogens is 228 g/mol. The summed E-state index contributed by atoms with van der Waals surface area (Å²) in [6, 6.07) is 13.7. The minimum absolute atomic E-state index is 0.546. The summed E-state index contributed by atoms with van der Waals surface area (Å²) >= 11 is 1.66. The van der Waals surface area contributed by atoms with Crippen molar-refractivity contribution in [1.29, 1.82) is 0 Å². The molecule has 0 fully saturated rings. The lowest BCUT2D eigenvalue weighted by Crippen LogP contribution is -1.88. The van der Waals surface area contributed by atoms with E-state index < -0.39 is 0 Å². The van der Waals surface area contributed by atoms with Gasteiger partial charge in [0, 0.05) is 16.7 Å². The number of anilines is 1. The van der Waals surface area contributed by atoms with Gasteiger partial charge >= 0.3 is 0 Å². The van der Waals surface area contributed by atoms with Crippen LogP contribution in [0.25, 0.3) is 0 Å². The molecule has 17 heavy (non-hydrogen) atoms. The van der Waals surface area contributed by atoms with E-state index in [4.69, 9.17) is 5.73 Å². The van der Waals surface area contributed by atoms with E-state index in [1.54, 1.807) is 24.0 Å². The summed E-state index contributed by atoms with van der Waals surface area (Å²) in [5.74, 6) is 7.53. The first-order valence-corrected chi connectivity index (χ1v) is 6.21. The second-order valence-corrected chi connectivity index (χ2v) is 4.42. The Balaban J connectivity index is 1.88. The number of pyridine rings is 1. The Morgan fingerprint density at radius 3 is 2.65 bits per heavy atom. The maximum absolute atomic E-state index is 5.51. The molecule has 0 spiro atoms. The fraction of sp³-hybridized carbons (Fsp3) is 0.0714. The van der Waals surface area contributed by atoms with Crippen LogP contribution in [0.15, 0.2) is 53.6 Å². The van der Waals surface area contributed by atoms with Gasteiger partial charge in [-0.25, -0.2) is 4.98 Å². The highest BCUT2D eigenvalue weighted by atomic mass is 32.2. The molecule has 0 unspecified atom stereocenters. The molecule has 3 heteroatoms. The van der Waals surface area contributed by atoms with E-state index in [2.05, 4.69) is 16.8 Å². The first kappa shape index (κ1) is 11.6. The summed E-state index contributed by atoms with van der Waals surface area (Å²) in [6.07, 6.45) is 1.77. The third-order valence-electron chi connectivity index (χ3n) is 2.08. The molecule has 2 nitrogen and oxygen atoms in total. The van der Waals surface area contributed by atoms with Crippen molar-refractivity contribution < 1.29 is 0 Å². The number of rotatable bonds is 2. The van der Waals surface area contributed by atoms with Crippen molar-refractivity contribution in [2.24, 2.45) is 0 Å². The summed E-state index contributed by atoms with van der Waals surface area (Å²) in [5, 5.41) is 0. The van der Waals surface area contributed by atoms with Crippen LogP contribution in [-0.4, -0.2) is 10.7 Å². The molecule has 0 saturated heterocycles. The highest BCUT2D eigenvalue weighted by Crippen LogP contribution is 2.16. The Morgan fingerprint density at radius 2 is 1.94 bits per heavy atom. The predicted octanol–water partition coefficient (Wildman–Crippen LogP) is 2.81. The van der Waals surface area contributed by atoms with Crippen molar-refractivity contribution in [3.8, 4) is 11.8 Å². The molecule has 1 aromatic carbocycles. The number of nitrogens with zero attached hydrogens (tertiary/aromatic N) is 1. The molecule has 0 aliphatic rings.